The van der Waals surface area contributed by atoms with Gasteiger partial charge in [-0.25, -0.2) is 0 Å². The summed E-state index contributed by atoms with van der Waals surface area (Å²) >= 11 is 1.33. The summed E-state index contributed by atoms with van der Waals surface area (Å²) in [4.78, 5) is 16.6. The summed E-state index contributed by atoms with van der Waals surface area (Å²) in [5.74, 6) is 1.67. The number of aliphatic imine (C=N–C) groups is 1. The van der Waals surface area contributed by atoms with Gasteiger partial charge in [0, 0.05) is 0 Å². The van der Waals surface area contributed by atoms with Crippen LogP contribution in [0.4, 0.5) is 0 Å². The van der Waals surface area contributed by atoms with Crippen LogP contribution in [-0.4, -0.2) is 40.2 Å². The first kappa shape index (κ1) is 23.8. The van der Waals surface area contributed by atoms with Crippen molar-refractivity contribution in [1.82, 2.24) is 5.01 Å². The summed E-state index contributed by atoms with van der Waals surface area (Å²) in [6, 6.07) is 15.5. The Morgan fingerprint density at radius 2 is 1.82 bits per heavy atom. The van der Waals surface area contributed by atoms with Gasteiger partial charge in [0.1, 0.15) is 29.8 Å². The summed E-state index contributed by atoms with van der Waals surface area (Å²) in [5, 5.41) is 15.5. The summed E-state index contributed by atoms with van der Waals surface area (Å²) in [7, 11) is 0. The Morgan fingerprint density at radius 3 is 2.56 bits per heavy atom. The zero-order chi connectivity index (χ0) is 24.1. The highest BCUT2D eigenvalue weighted by molar-refractivity contribution is 8.26. The molecule has 4 rings (SSSR count). The van der Waals surface area contributed by atoms with Crippen LogP contribution in [0.3, 0.4) is 0 Å². The molecule has 1 amide bonds. The number of ether oxygens (including phenoxy) is 2. The van der Waals surface area contributed by atoms with Crippen molar-refractivity contribution in [2.75, 3.05) is 13.2 Å². The number of carbonyl (C=O) groups excluding carboxylic acids is 1. The molecule has 0 bridgehead atoms. The van der Waals surface area contributed by atoms with Crippen molar-refractivity contribution in [1.29, 1.82) is 5.41 Å². The number of hydrazone groups is 1. The number of fused-ring (bicyclic) bond motifs is 1. The molecule has 2 aromatic rings. The Hall–Kier alpha value is -3.39. The molecular weight excluding hydrogens is 448 g/mol. The van der Waals surface area contributed by atoms with Crippen molar-refractivity contribution in [3.05, 3.63) is 65.2 Å². The molecule has 2 heterocycles. The fraction of sp³-hybridized carbons (Fsp3) is 0.308. The fourth-order valence-electron chi connectivity index (χ4n) is 3.55. The van der Waals surface area contributed by atoms with E-state index in [2.05, 4.69) is 30.0 Å². The number of hydrogen-bond donors (Lipinski definition) is 1. The normalized spacial score (nSPS) is 17.4. The second kappa shape index (κ2) is 10.7. The molecule has 0 aromatic heterocycles. The van der Waals surface area contributed by atoms with Crippen molar-refractivity contribution in [3.63, 3.8) is 0 Å². The summed E-state index contributed by atoms with van der Waals surface area (Å²) in [6.45, 7) is 7.21. The molecule has 7 nitrogen and oxygen atoms in total. The van der Waals surface area contributed by atoms with Crippen LogP contribution in [-0.2, 0) is 4.79 Å². The van der Waals surface area contributed by atoms with Crippen molar-refractivity contribution in [2.24, 2.45) is 10.1 Å². The first-order valence-corrected chi connectivity index (χ1v) is 12.3. The smallest absolute Gasteiger partial charge is 0.283 e. The molecule has 0 aliphatic carbocycles. The van der Waals surface area contributed by atoms with E-state index in [1.165, 1.54) is 22.3 Å². The van der Waals surface area contributed by atoms with Crippen LogP contribution in [0.1, 0.15) is 50.7 Å². The number of amidine groups is 2. The van der Waals surface area contributed by atoms with Crippen molar-refractivity contribution >= 4 is 39.8 Å². The van der Waals surface area contributed by atoms with Gasteiger partial charge in [-0.2, -0.15) is 15.1 Å². The van der Waals surface area contributed by atoms with Gasteiger partial charge >= 0.3 is 0 Å². The van der Waals surface area contributed by atoms with Gasteiger partial charge in [-0.1, -0.05) is 51.1 Å². The van der Waals surface area contributed by atoms with E-state index in [4.69, 9.17) is 14.9 Å². The van der Waals surface area contributed by atoms with Crippen LogP contribution >= 0.6 is 11.8 Å². The second-order valence-corrected chi connectivity index (χ2v) is 9.02. The molecule has 2 aliphatic rings. The minimum absolute atomic E-state index is 0.0427. The first-order valence-electron chi connectivity index (χ1n) is 11.4. The number of amides is 1. The van der Waals surface area contributed by atoms with Gasteiger partial charge in [0.25, 0.3) is 5.91 Å². The maximum Gasteiger partial charge on any atom is 0.283 e. The third kappa shape index (κ3) is 5.22. The number of benzene rings is 2. The largest absolute Gasteiger partial charge is 0.490 e. The molecule has 8 heteroatoms. The lowest BCUT2D eigenvalue weighted by Crippen LogP contribution is -2.35. The third-order valence-corrected chi connectivity index (χ3v) is 6.71. The van der Waals surface area contributed by atoms with Gasteiger partial charge in [-0.05, 0) is 65.9 Å². The Bertz CT molecular complexity index is 1170. The molecule has 34 heavy (non-hydrogen) atoms. The van der Waals surface area contributed by atoms with Crippen LogP contribution in [0.25, 0.3) is 6.08 Å². The quantitative estimate of drug-likeness (QED) is 0.371. The van der Waals surface area contributed by atoms with E-state index < -0.39 is 5.91 Å². The lowest BCUT2D eigenvalue weighted by atomic mass is 9.98. The van der Waals surface area contributed by atoms with Gasteiger partial charge in [0.2, 0.25) is 5.17 Å². The van der Waals surface area contributed by atoms with E-state index in [1.54, 1.807) is 6.08 Å². The molecule has 1 atom stereocenters. The monoisotopic (exact) mass is 476 g/mol. The van der Waals surface area contributed by atoms with Crippen molar-refractivity contribution in [2.45, 2.75) is 39.5 Å². The lowest BCUT2D eigenvalue weighted by Gasteiger charge is -2.20. The molecule has 2 aliphatic heterocycles. The third-order valence-electron chi connectivity index (χ3n) is 5.66. The van der Waals surface area contributed by atoms with Gasteiger partial charge in [-0.15, -0.1) is 0 Å². The fourth-order valence-corrected chi connectivity index (χ4v) is 4.38. The molecule has 0 saturated carbocycles. The standard InChI is InChI=1S/C26H28N4O3S/c1-4-17(3)20-8-6-7-9-22(20)33-15-14-32-19-12-10-18(11-13-19)16-21-24(27)30-26(28-25(21)31)34-23(5-2)29-30/h6-13,16-17,27H,4-5,14-15H2,1-3H3/b21-16-,27-24?. The average molecular weight is 477 g/mol. The van der Waals surface area contributed by atoms with Crippen molar-refractivity contribution < 1.29 is 14.3 Å². The Labute approximate surface area is 204 Å². The molecule has 0 fully saturated rings. The number of para-hydroxylation sites is 1. The van der Waals surface area contributed by atoms with E-state index in [0.29, 0.717) is 30.0 Å². The van der Waals surface area contributed by atoms with Gasteiger partial charge in [0.15, 0.2) is 5.84 Å². The predicted octanol–water partition coefficient (Wildman–Crippen LogP) is 5.69. The average Bonchev–Trinajstić information content (AvgIpc) is 3.28. The van der Waals surface area contributed by atoms with Crippen LogP contribution < -0.4 is 9.47 Å². The van der Waals surface area contributed by atoms with Crippen LogP contribution in [0, 0.1) is 5.41 Å². The molecule has 0 radical (unpaired) electrons. The molecule has 0 spiro atoms. The highest BCUT2D eigenvalue weighted by Gasteiger charge is 2.35. The van der Waals surface area contributed by atoms with E-state index >= 15 is 0 Å². The molecule has 176 valence electrons. The van der Waals surface area contributed by atoms with Crippen LogP contribution in [0.5, 0.6) is 11.5 Å². The Morgan fingerprint density at radius 1 is 1.09 bits per heavy atom. The number of carbonyl (C=O) groups is 1. The van der Waals surface area contributed by atoms with E-state index in [1.807, 2.05) is 49.4 Å². The van der Waals surface area contributed by atoms with E-state index in [-0.39, 0.29) is 11.4 Å². The highest BCUT2D eigenvalue weighted by atomic mass is 32.2. The number of rotatable bonds is 9. The number of nitrogens with zero attached hydrogens (tertiary/aromatic N) is 3. The first-order chi connectivity index (χ1) is 16.5. The number of thioether (sulfide) groups is 1. The maximum atomic E-state index is 12.5. The zero-order valence-corrected chi connectivity index (χ0v) is 20.4. The Kier molecular flexibility index (Phi) is 7.47. The van der Waals surface area contributed by atoms with Crippen molar-refractivity contribution in [3.8, 4) is 11.5 Å². The minimum atomic E-state index is -0.425. The van der Waals surface area contributed by atoms with E-state index in [0.717, 1.165) is 29.2 Å². The minimum Gasteiger partial charge on any atom is -0.490 e. The Balaban J connectivity index is 1.34. The predicted molar refractivity (Wildman–Crippen MR) is 138 cm³/mol. The molecule has 1 N–H and O–H groups in total. The maximum absolute atomic E-state index is 12.5. The topological polar surface area (TPSA) is 87.3 Å². The van der Waals surface area contributed by atoms with Crippen LogP contribution in [0.2, 0.25) is 0 Å². The lowest BCUT2D eigenvalue weighted by molar-refractivity contribution is -0.114. The van der Waals surface area contributed by atoms with Crippen LogP contribution in [0.15, 0.2) is 64.2 Å². The molecular formula is C26H28N4O3S. The summed E-state index contributed by atoms with van der Waals surface area (Å²) < 4.78 is 11.8. The number of hydrogen-bond acceptors (Lipinski definition) is 6. The zero-order valence-electron chi connectivity index (χ0n) is 19.6. The van der Waals surface area contributed by atoms with Gasteiger partial charge < -0.3 is 9.47 Å². The SMILES string of the molecule is CCC1=NN2C(=N)/C(=C/c3ccc(OCCOc4ccccc4C(C)CC)cc3)C(=O)N=C2S1. The highest BCUT2D eigenvalue weighted by Crippen LogP contribution is 2.30. The number of nitrogens with one attached hydrogen (secondary N) is 1. The summed E-state index contributed by atoms with van der Waals surface area (Å²) in [6.07, 6.45) is 3.45. The van der Waals surface area contributed by atoms with E-state index in [9.17, 15) is 4.79 Å². The molecule has 0 saturated heterocycles. The van der Waals surface area contributed by atoms with Gasteiger partial charge in [0.05, 0.1) is 5.57 Å². The molecule has 1 unspecified atom stereocenters. The summed E-state index contributed by atoms with van der Waals surface area (Å²) in [5.41, 5.74) is 2.21. The molecule has 2 aromatic carbocycles. The van der Waals surface area contributed by atoms with Gasteiger partial charge in [-0.3, -0.25) is 10.2 Å². The second-order valence-electron chi connectivity index (χ2n) is 7.98.